The van der Waals surface area contributed by atoms with Crippen molar-refractivity contribution in [3.8, 4) is 16.9 Å². The number of nitrogens with one attached hydrogen (secondary N) is 2. The van der Waals surface area contributed by atoms with E-state index in [-0.39, 0.29) is 12.0 Å². The minimum Gasteiger partial charge on any atom is -0.383 e. The number of urea groups is 1. The van der Waals surface area contributed by atoms with Crippen LogP contribution in [0.1, 0.15) is 22.9 Å². The van der Waals surface area contributed by atoms with Gasteiger partial charge in [0.1, 0.15) is 17.3 Å². The highest BCUT2D eigenvalue weighted by molar-refractivity contribution is 5.91. The van der Waals surface area contributed by atoms with E-state index in [0.717, 1.165) is 22.9 Å². The van der Waals surface area contributed by atoms with Crippen molar-refractivity contribution in [2.45, 2.75) is 25.8 Å². The molecule has 11 heteroatoms. The number of likely N-dealkylation sites (tertiary alicyclic amines) is 1. The molecule has 1 aliphatic rings. The summed E-state index contributed by atoms with van der Waals surface area (Å²) in [6.07, 6.45) is 3.41. The molecule has 2 atom stereocenters. The summed E-state index contributed by atoms with van der Waals surface area (Å²) in [4.78, 5) is 24.2. The Kier molecular flexibility index (Phi) is 8.13. The van der Waals surface area contributed by atoms with Crippen molar-refractivity contribution in [3.05, 3.63) is 89.5 Å². The highest BCUT2D eigenvalue weighted by atomic mass is 19.2. The number of aromatic nitrogens is 4. The maximum absolute atomic E-state index is 14.1. The molecule has 2 amide bonds. The Morgan fingerprint density at radius 3 is 2.50 bits per heavy atom. The third-order valence-corrected chi connectivity index (χ3v) is 7.10. The van der Waals surface area contributed by atoms with Crippen LogP contribution in [0, 0.1) is 25.5 Å². The van der Waals surface area contributed by atoms with Crippen molar-refractivity contribution in [1.29, 1.82) is 0 Å². The van der Waals surface area contributed by atoms with Gasteiger partial charge in [-0.05, 0) is 43.7 Å². The second-order valence-corrected chi connectivity index (χ2v) is 9.83. The third-order valence-electron chi connectivity index (χ3n) is 7.10. The van der Waals surface area contributed by atoms with E-state index in [2.05, 4.69) is 25.5 Å². The molecule has 2 aromatic heterocycles. The van der Waals surface area contributed by atoms with Gasteiger partial charge in [0.25, 0.3) is 0 Å². The molecule has 1 fully saturated rings. The van der Waals surface area contributed by atoms with Gasteiger partial charge in [-0.2, -0.15) is 5.10 Å². The number of carbonyl (C=O) groups is 1. The zero-order chi connectivity index (χ0) is 28.2. The second-order valence-electron chi connectivity index (χ2n) is 9.83. The first-order valence-corrected chi connectivity index (χ1v) is 13.0. The van der Waals surface area contributed by atoms with Crippen LogP contribution in [0.25, 0.3) is 16.9 Å². The van der Waals surface area contributed by atoms with Gasteiger partial charge in [-0.1, -0.05) is 24.3 Å². The summed E-state index contributed by atoms with van der Waals surface area (Å²) in [5.41, 5.74) is 3.51. The van der Waals surface area contributed by atoms with Gasteiger partial charge < -0.3 is 10.1 Å². The fourth-order valence-corrected chi connectivity index (χ4v) is 5.02. The molecule has 9 nitrogen and oxygen atoms in total. The Balaban J connectivity index is 1.42. The first-order chi connectivity index (χ1) is 19.3. The molecule has 40 heavy (non-hydrogen) atoms. The number of rotatable bonds is 8. The zero-order valence-electron chi connectivity index (χ0n) is 22.6. The molecule has 0 bridgehead atoms. The van der Waals surface area contributed by atoms with Gasteiger partial charge in [0, 0.05) is 56.2 Å². The number of para-hydroxylation sites is 1. The summed E-state index contributed by atoms with van der Waals surface area (Å²) >= 11 is 0. The highest BCUT2D eigenvalue weighted by Crippen LogP contribution is 2.31. The summed E-state index contributed by atoms with van der Waals surface area (Å²) < 4.78 is 34.6. The Morgan fingerprint density at radius 1 is 1.05 bits per heavy atom. The van der Waals surface area contributed by atoms with Gasteiger partial charge in [-0.25, -0.2) is 28.2 Å². The van der Waals surface area contributed by atoms with Crippen LogP contribution in [0.5, 0.6) is 0 Å². The van der Waals surface area contributed by atoms with Gasteiger partial charge in [-0.3, -0.25) is 10.2 Å². The van der Waals surface area contributed by atoms with Crippen LogP contribution in [0.4, 0.5) is 19.4 Å². The smallest absolute Gasteiger partial charge is 0.320 e. The van der Waals surface area contributed by atoms with E-state index in [0.29, 0.717) is 49.1 Å². The number of hydrogen-bond acceptors (Lipinski definition) is 6. The first kappa shape index (κ1) is 27.4. The van der Waals surface area contributed by atoms with Crippen LogP contribution in [-0.4, -0.2) is 70.1 Å². The Labute approximate surface area is 231 Å². The molecule has 0 aliphatic carbocycles. The largest absolute Gasteiger partial charge is 0.383 e. The zero-order valence-corrected chi connectivity index (χ0v) is 22.6. The van der Waals surface area contributed by atoms with Gasteiger partial charge >= 0.3 is 6.03 Å². The van der Waals surface area contributed by atoms with Crippen molar-refractivity contribution in [1.82, 2.24) is 30.0 Å². The number of halogens is 2. The lowest BCUT2D eigenvalue weighted by molar-refractivity contribution is 0.159. The Bertz CT molecular complexity index is 1480. The molecule has 2 aromatic carbocycles. The molecule has 0 unspecified atom stereocenters. The highest BCUT2D eigenvalue weighted by Gasteiger charge is 2.35. The lowest BCUT2D eigenvalue weighted by Crippen LogP contribution is -2.42. The van der Waals surface area contributed by atoms with E-state index in [1.807, 2.05) is 44.2 Å². The molecule has 2 N–H and O–H groups in total. The average molecular weight is 548 g/mol. The summed E-state index contributed by atoms with van der Waals surface area (Å²) in [5, 5.41) is 10.8. The minimum atomic E-state index is -0.911. The Morgan fingerprint density at radius 2 is 1.80 bits per heavy atom. The van der Waals surface area contributed by atoms with Gasteiger partial charge in [-0.15, -0.1) is 0 Å². The minimum absolute atomic E-state index is 0.238. The van der Waals surface area contributed by atoms with Crippen LogP contribution < -0.4 is 10.6 Å². The standard InChI is InChI=1S/C29H31F2N7O2/c1-18-27(21-14-32-19(2)33-15-21)36-38(22-7-5-4-6-8-22)28(18)35-29(39)34-26-17-37(11-12-40-3)16-23(26)20-9-10-24(30)25(31)13-20/h4-10,13-15,23,26H,11-12,16-17H2,1-3H3,(H2,34,35,39)/t23-,26+/m0/s1. The summed E-state index contributed by atoms with van der Waals surface area (Å²) in [6, 6.07) is 12.6. The molecule has 3 heterocycles. The van der Waals surface area contributed by atoms with E-state index in [4.69, 9.17) is 9.84 Å². The molecule has 1 saturated heterocycles. The average Bonchev–Trinajstić information content (AvgIpc) is 3.50. The monoisotopic (exact) mass is 547 g/mol. The number of aryl methyl sites for hydroxylation is 1. The molecule has 4 aromatic rings. The van der Waals surface area contributed by atoms with Crippen LogP contribution in [0.2, 0.25) is 0 Å². The number of anilines is 1. The molecule has 208 valence electrons. The Hall–Kier alpha value is -4.22. The fraction of sp³-hybridized carbons (Fsp3) is 0.310. The summed E-state index contributed by atoms with van der Waals surface area (Å²) in [7, 11) is 1.63. The number of nitrogens with zero attached hydrogens (tertiary/aromatic N) is 5. The number of amides is 2. The SMILES string of the molecule is COCCN1C[C@@H](NC(=O)Nc2c(C)c(-c3cnc(C)nc3)nn2-c2ccccc2)[C@H](c2ccc(F)c(F)c2)C1. The second kappa shape index (κ2) is 11.9. The predicted octanol–water partition coefficient (Wildman–Crippen LogP) is 4.46. The van der Waals surface area contributed by atoms with E-state index >= 15 is 0 Å². The van der Waals surface area contributed by atoms with Gasteiger partial charge in [0.05, 0.1) is 18.3 Å². The third kappa shape index (κ3) is 5.85. The quantitative estimate of drug-likeness (QED) is 0.338. The molecular formula is C29H31F2N7O2. The van der Waals surface area contributed by atoms with E-state index in [9.17, 15) is 13.6 Å². The van der Waals surface area contributed by atoms with E-state index in [1.54, 1.807) is 30.3 Å². The molecular weight excluding hydrogens is 516 g/mol. The lowest BCUT2D eigenvalue weighted by atomic mass is 9.94. The fourth-order valence-electron chi connectivity index (χ4n) is 5.02. The number of carbonyl (C=O) groups excluding carboxylic acids is 1. The van der Waals surface area contributed by atoms with Gasteiger partial charge in [0.2, 0.25) is 0 Å². The topological polar surface area (TPSA) is 97.2 Å². The van der Waals surface area contributed by atoms with Crippen molar-refractivity contribution in [2.75, 3.05) is 38.7 Å². The van der Waals surface area contributed by atoms with E-state index in [1.165, 1.54) is 6.07 Å². The predicted molar refractivity (Wildman–Crippen MR) is 147 cm³/mol. The number of benzene rings is 2. The van der Waals surface area contributed by atoms with Crippen LogP contribution in [-0.2, 0) is 4.74 Å². The number of methoxy groups -OCH3 is 1. The number of hydrogen-bond donors (Lipinski definition) is 2. The van der Waals surface area contributed by atoms with Crippen molar-refractivity contribution >= 4 is 11.8 Å². The molecule has 5 rings (SSSR count). The molecule has 0 saturated carbocycles. The van der Waals surface area contributed by atoms with Crippen molar-refractivity contribution in [3.63, 3.8) is 0 Å². The lowest BCUT2D eigenvalue weighted by Gasteiger charge is -2.21. The van der Waals surface area contributed by atoms with Crippen LogP contribution in [0.15, 0.2) is 60.9 Å². The first-order valence-electron chi connectivity index (χ1n) is 13.0. The molecule has 1 aliphatic heterocycles. The molecule has 0 radical (unpaired) electrons. The van der Waals surface area contributed by atoms with Crippen molar-refractivity contribution in [2.24, 2.45) is 0 Å². The van der Waals surface area contributed by atoms with Crippen LogP contribution in [0.3, 0.4) is 0 Å². The molecule has 0 spiro atoms. The van der Waals surface area contributed by atoms with E-state index < -0.39 is 17.7 Å². The normalized spacial score (nSPS) is 17.2. The summed E-state index contributed by atoms with van der Waals surface area (Å²) in [6.45, 7) is 5.96. The summed E-state index contributed by atoms with van der Waals surface area (Å²) in [5.74, 6) is -0.907. The van der Waals surface area contributed by atoms with Crippen molar-refractivity contribution < 1.29 is 18.3 Å². The number of ether oxygens (including phenoxy) is 1. The van der Waals surface area contributed by atoms with Gasteiger partial charge in [0.15, 0.2) is 11.6 Å². The maximum atomic E-state index is 14.1. The maximum Gasteiger partial charge on any atom is 0.320 e. The van der Waals surface area contributed by atoms with Crippen LogP contribution >= 0.6 is 0 Å².